The zero-order valence-corrected chi connectivity index (χ0v) is 11.3. The fourth-order valence-corrected chi connectivity index (χ4v) is 2.18. The van der Waals surface area contributed by atoms with Crippen molar-refractivity contribution in [3.8, 4) is 0 Å². The largest absolute Gasteiger partial charge is 0.476 e. The van der Waals surface area contributed by atoms with Crippen LogP contribution in [-0.2, 0) is 4.79 Å². The van der Waals surface area contributed by atoms with E-state index in [-0.39, 0.29) is 11.6 Å². The zero-order chi connectivity index (χ0) is 13.5. The maximum absolute atomic E-state index is 11.7. The molecule has 0 aliphatic heterocycles. The quantitative estimate of drug-likeness (QED) is 0.785. The number of hydrogen-bond acceptors (Lipinski definition) is 5. The van der Waals surface area contributed by atoms with E-state index in [2.05, 4.69) is 10.3 Å². The Morgan fingerprint density at radius 3 is 2.61 bits per heavy atom. The Kier molecular flexibility index (Phi) is 5.57. The Labute approximate surface area is 110 Å². The lowest BCUT2D eigenvalue weighted by molar-refractivity contribution is -0.130. The summed E-state index contributed by atoms with van der Waals surface area (Å²) in [5.74, 6) is -0.957. The van der Waals surface area contributed by atoms with Crippen molar-refractivity contribution in [2.24, 2.45) is 0 Å². The topological polar surface area (TPSA) is 82.5 Å². The van der Waals surface area contributed by atoms with Crippen molar-refractivity contribution < 1.29 is 14.7 Å². The van der Waals surface area contributed by atoms with Gasteiger partial charge in [0.25, 0.3) is 0 Å². The summed E-state index contributed by atoms with van der Waals surface area (Å²) in [5, 5.41) is 13.7. The van der Waals surface area contributed by atoms with Crippen molar-refractivity contribution in [3.05, 3.63) is 11.1 Å². The van der Waals surface area contributed by atoms with Crippen molar-refractivity contribution in [1.29, 1.82) is 0 Å². The summed E-state index contributed by atoms with van der Waals surface area (Å²) < 4.78 is 0. The van der Waals surface area contributed by atoms with Crippen LogP contribution in [-0.4, -0.2) is 46.5 Å². The van der Waals surface area contributed by atoms with Crippen molar-refractivity contribution in [3.63, 3.8) is 0 Å². The summed E-state index contributed by atoms with van der Waals surface area (Å²) >= 11 is 1.22. The number of aromatic nitrogens is 1. The molecule has 0 saturated carbocycles. The minimum absolute atomic E-state index is 0.0255. The Morgan fingerprint density at radius 2 is 2.11 bits per heavy atom. The summed E-state index contributed by atoms with van der Waals surface area (Å²) in [5.41, 5.74) is 0.0255. The molecule has 0 aliphatic rings. The molecule has 100 valence electrons. The summed E-state index contributed by atoms with van der Waals surface area (Å²) in [6.45, 7) is 5.75. The highest BCUT2D eigenvalue weighted by Crippen LogP contribution is 2.15. The van der Waals surface area contributed by atoms with Crippen molar-refractivity contribution >= 4 is 28.3 Å². The maximum Gasteiger partial charge on any atom is 0.355 e. The predicted octanol–water partition coefficient (Wildman–Crippen LogP) is 1.51. The van der Waals surface area contributed by atoms with Gasteiger partial charge in [0.2, 0.25) is 5.91 Å². The van der Waals surface area contributed by atoms with E-state index in [1.54, 1.807) is 4.90 Å². The molecule has 0 atom stereocenters. The second-order valence-corrected chi connectivity index (χ2v) is 4.44. The lowest BCUT2D eigenvalue weighted by Crippen LogP contribution is -2.31. The molecule has 1 amide bonds. The first kappa shape index (κ1) is 14.4. The van der Waals surface area contributed by atoms with Crippen LogP contribution in [0, 0.1) is 0 Å². The first-order chi connectivity index (χ1) is 8.58. The third-order valence-corrected chi connectivity index (χ3v) is 3.25. The van der Waals surface area contributed by atoms with Crippen LogP contribution in [0.3, 0.4) is 0 Å². The molecule has 18 heavy (non-hydrogen) atoms. The molecule has 2 N–H and O–H groups in total. The molecule has 6 nitrogen and oxygen atoms in total. The monoisotopic (exact) mass is 271 g/mol. The highest BCUT2D eigenvalue weighted by atomic mass is 32.1. The average Bonchev–Trinajstić information content (AvgIpc) is 2.79. The number of thiazole rings is 1. The number of anilines is 1. The van der Waals surface area contributed by atoms with E-state index in [1.807, 2.05) is 13.8 Å². The molecule has 0 aliphatic carbocycles. The van der Waals surface area contributed by atoms with Crippen LogP contribution in [0.4, 0.5) is 5.13 Å². The smallest absolute Gasteiger partial charge is 0.355 e. The van der Waals surface area contributed by atoms with E-state index < -0.39 is 5.97 Å². The molecule has 0 fully saturated rings. The first-order valence-corrected chi connectivity index (χ1v) is 6.66. The number of carbonyl (C=O) groups is 2. The van der Waals surface area contributed by atoms with Gasteiger partial charge in [-0.3, -0.25) is 4.79 Å². The number of carbonyl (C=O) groups excluding carboxylic acids is 1. The SMILES string of the molecule is CCN(CC)C(=O)CCNc1nc(C(=O)O)cs1. The van der Waals surface area contributed by atoms with Gasteiger partial charge in [0.15, 0.2) is 10.8 Å². The third kappa shape index (κ3) is 3.99. The van der Waals surface area contributed by atoms with Crippen LogP contribution in [0.1, 0.15) is 30.8 Å². The molecule has 7 heteroatoms. The maximum atomic E-state index is 11.7. The number of rotatable bonds is 7. The van der Waals surface area contributed by atoms with Gasteiger partial charge in [-0.25, -0.2) is 9.78 Å². The highest BCUT2D eigenvalue weighted by molar-refractivity contribution is 7.13. The highest BCUT2D eigenvalue weighted by Gasteiger charge is 2.10. The summed E-state index contributed by atoms with van der Waals surface area (Å²) in [6, 6.07) is 0. The van der Waals surface area contributed by atoms with Crippen LogP contribution in [0.25, 0.3) is 0 Å². The molecule has 0 saturated heterocycles. The van der Waals surface area contributed by atoms with Crippen LogP contribution < -0.4 is 5.32 Å². The lowest BCUT2D eigenvalue weighted by atomic mass is 10.3. The van der Waals surface area contributed by atoms with Gasteiger partial charge < -0.3 is 15.3 Å². The standard InChI is InChI=1S/C11H17N3O3S/c1-3-14(4-2)9(15)5-6-12-11-13-8(7-18-11)10(16)17/h7H,3-6H2,1-2H3,(H,12,13)(H,16,17). The number of nitrogens with one attached hydrogen (secondary N) is 1. The molecule has 0 aromatic carbocycles. The number of hydrogen-bond donors (Lipinski definition) is 2. The predicted molar refractivity (Wildman–Crippen MR) is 70.1 cm³/mol. The van der Waals surface area contributed by atoms with Crippen LogP contribution >= 0.6 is 11.3 Å². The van der Waals surface area contributed by atoms with E-state index in [4.69, 9.17) is 5.11 Å². The molecule has 1 aromatic heterocycles. The number of aromatic carboxylic acids is 1. The van der Waals surface area contributed by atoms with E-state index in [9.17, 15) is 9.59 Å². The van der Waals surface area contributed by atoms with E-state index >= 15 is 0 Å². The first-order valence-electron chi connectivity index (χ1n) is 5.78. The molecule has 0 bridgehead atoms. The average molecular weight is 271 g/mol. The Morgan fingerprint density at radius 1 is 1.44 bits per heavy atom. The van der Waals surface area contributed by atoms with E-state index in [1.165, 1.54) is 16.7 Å². The van der Waals surface area contributed by atoms with E-state index in [0.717, 1.165) is 0 Å². The number of carboxylic acid groups (broad SMARTS) is 1. The van der Waals surface area contributed by atoms with Crippen LogP contribution in [0.5, 0.6) is 0 Å². The number of amides is 1. The summed E-state index contributed by atoms with van der Waals surface area (Å²) in [4.78, 5) is 27.9. The van der Waals surface area contributed by atoms with Gasteiger partial charge in [-0.2, -0.15) is 0 Å². The molecular formula is C11H17N3O3S. The fraction of sp³-hybridized carbons (Fsp3) is 0.545. The number of nitrogens with zero attached hydrogens (tertiary/aromatic N) is 2. The summed E-state index contributed by atoms with van der Waals surface area (Å²) in [7, 11) is 0. The zero-order valence-electron chi connectivity index (χ0n) is 10.5. The van der Waals surface area contributed by atoms with Crippen molar-refractivity contribution in [2.45, 2.75) is 20.3 Å². The normalized spacial score (nSPS) is 10.1. The molecular weight excluding hydrogens is 254 g/mol. The molecule has 0 unspecified atom stereocenters. The van der Waals surface area contributed by atoms with Gasteiger partial charge in [0.1, 0.15) is 0 Å². The van der Waals surface area contributed by atoms with Gasteiger partial charge >= 0.3 is 5.97 Å². The molecule has 1 rings (SSSR count). The lowest BCUT2D eigenvalue weighted by Gasteiger charge is -2.18. The molecule has 1 aromatic rings. The van der Waals surface area contributed by atoms with E-state index in [0.29, 0.717) is 31.2 Å². The molecule has 0 radical (unpaired) electrons. The Hall–Kier alpha value is -1.63. The minimum atomic E-state index is -1.04. The van der Waals surface area contributed by atoms with Crippen LogP contribution in [0.2, 0.25) is 0 Å². The Balaban J connectivity index is 2.37. The van der Waals surface area contributed by atoms with Gasteiger partial charge in [-0.15, -0.1) is 11.3 Å². The molecule has 0 spiro atoms. The molecule has 1 heterocycles. The van der Waals surface area contributed by atoms with Gasteiger partial charge in [0, 0.05) is 31.4 Å². The minimum Gasteiger partial charge on any atom is -0.476 e. The van der Waals surface area contributed by atoms with Gasteiger partial charge in [0.05, 0.1) is 0 Å². The van der Waals surface area contributed by atoms with Crippen molar-refractivity contribution in [2.75, 3.05) is 25.0 Å². The van der Waals surface area contributed by atoms with Crippen LogP contribution in [0.15, 0.2) is 5.38 Å². The Bertz CT molecular complexity index is 415. The second-order valence-electron chi connectivity index (χ2n) is 3.59. The second kappa shape index (κ2) is 6.95. The fourth-order valence-electron chi connectivity index (χ4n) is 1.46. The number of carboxylic acids is 1. The summed E-state index contributed by atoms with van der Waals surface area (Å²) in [6.07, 6.45) is 0.379. The van der Waals surface area contributed by atoms with Gasteiger partial charge in [-0.1, -0.05) is 0 Å². The van der Waals surface area contributed by atoms with Crippen molar-refractivity contribution in [1.82, 2.24) is 9.88 Å². The van der Waals surface area contributed by atoms with Gasteiger partial charge in [-0.05, 0) is 13.8 Å². The third-order valence-electron chi connectivity index (χ3n) is 2.45.